The largest absolute Gasteiger partial charge is 0.375 e. The fraction of sp³-hybridized carbons (Fsp3) is 1.00. The van der Waals surface area contributed by atoms with E-state index in [-0.39, 0.29) is 0 Å². The Labute approximate surface area is 89.4 Å². The molecule has 76 valence electrons. The van der Waals surface area contributed by atoms with E-state index in [9.17, 15) is 0 Å². The van der Waals surface area contributed by atoms with Gasteiger partial charge in [-0.1, -0.05) is 29.3 Å². The molecule has 0 aromatic carbocycles. The van der Waals surface area contributed by atoms with Crippen molar-refractivity contribution in [3.05, 3.63) is 0 Å². The minimum Gasteiger partial charge on any atom is -0.375 e. The van der Waals surface area contributed by atoms with Gasteiger partial charge in [-0.25, -0.2) is 0 Å². The van der Waals surface area contributed by atoms with E-state index in [1.165, 1.54) is 38.5 Å². The van der Waals surface area contributed by atoms with Crippen molar-refractivity contribution < 1.29 is 4.74 Å². The Hall–Kier alpha value is 0.440. The molecule has 2 bridgehead atoms. The number of fused-ring (bicyclic) bond motifs is 2. The molecule has 2 rings (SSSR count). The quantitative estimate of drug-likeness (QED) is 0.693. The molecular weight excluding hydrogens is 228 g/mol. The van der Waals surface area contributed by atoms with Crippen LogP contribution in [0.25, 0.3) is 0 Å². The summed E-state index contributed by atoms with van der Waals surface area (Å²) in [5.41, 5.74) is 0. The number of hydrogen-bond acceptors (Lipinski definition) is 1. The highest BCUT2D eigenvalue weighted by Crippen LogP contribution is 2.40. The first-order chi connectivity index (χ1) is 6.31. The first-order valence-electron chi connectivity index (χ1n) is 5.60. The van der Waals surface area contributed by atoms with E-state index in [0.717, 1.165) is 5.92 Å². The van der Waals surface area contributed by atoms with E-state index >= 15 is 0 Å². The highest BCUT2D eigenvalue weighted by Gasteiger charge is 2.39. The minimum absolute atomic E-state index is 0.578. The van der Waals surface area contributed by atoms with Crippen LogP contribution in [0.3, 0.4) is 0 Å². The van der Waals surface area contributed by atoms with Crippen molar-refractivity contribution in [1.29, 1.82) is 0 Å². The van der Waals surface area contributed by atoms with Crippen LogP contribution in [0.5, 0.6) is 0 Å². The van der Waals surface area contributed by atoms with Crippen LogP contribution in [0.4, 0.5) is 0 Å². The van der Waals surface area contributed by atoms with Gasteiger partial charge in [0.25, 0.3) is 0 Å². The lowest BCUT2D eigenvalue weighted by molar-refractivity contribution is -0.0322. The Morgan fingerprint density at radius 3 is 2.85 bits per heavy atom. The summed E-state index contributed by atoms with van der Waals surface area (Å²) in [5.74, 6) is 0.790. The summed E-state index contributed by atoms with van der Waals surface area (Å²) in [6, 6.07) is 0. The van der Waals surface area contributed by atoms with E-state index in [1.54, 1.807) is 0 Å². The number of alkyl halides is 1. The summed E-state index contributed by atoms with van der Waals surface area (Å²) in [5, 5.41) is 0. The molecule has 2 heteroatoms. The Morgan fingerprint density at radius 2 is 2.08 bits per heavy atom. The molecule has 2 heterocycles. The number of halogens is 1. The molecule has 0 saturated carbocycles. The van der Waals surface area contributed by atoms with Crippen molar-refractivity contribution in [3.63, 3.8) is 0 Å². The van der Waals surface area contributed by atoms with E-state index < -0.39 is 0 Å². The highest BCUT2D eigenvalue weighted by molar-refractivity contribution is 9.09. The van der Waals surface area contributed by atoms with E-state index in [4.69, 9.17) is 4.74 Å². The van der Waals surface area contributed by atoms with E-state index in [0.29, 0.717) is 17.0 Å². The summed E-state index contributed by atoms with van der Waals surface area (Å²) in [4.78, 5) is 0.696. The minimum atomic E-state index is 0.578. The Morgan fingerprint density at radius 1 is 1.31 bits per heavy atom. The van der Waals surface area contributed by atoms with Gasteiger partial charge in [-0.15, -0.1) is 0 Å². The van der Waals surface area contributed by atoms with Crippen molar-refractivity contribution in [1.82, 2.24) is 0 Å². The molecule has 2 saturated heterocycles. The fourth-order valence-corrected chi connectivity index (χ4v) is 3.79. The van der Waals surface area contributed by atoms with E-state index in [1.807, 2.05) is 0 Å². The van der Waals surface area contributed by atoms with Crippen LogP contribution in [0.1, 0.15) is 45.4 Å². The predicted octanol–water partition coefficient (Wildman–Crippen LogP) is 3.51. The Kier molecular flexibility index (Phi) is 3.31. The molecule has 1 nitrogen and oxygen atoms in total. The van der Waals surface area contributed by atoms with Crippen LogP contribution in [0.15, 0.2) is 0 Å². The maximum absolute atomic E-state index is 5.95. The van der Waals surface area contributed by atoms with Gasteiger partial charge in [-0.05, 0) is 38.0 Å². The van der Waals surface area contributed by atoms with Crippen molar-refractivity contribution in [2.24, 2.45) is 5.92 Å². The SMILES string of the molecule is CCCC(Br)C1CCC2CCC1O2. The van der Waals surface area contributed by atoms with Gasteiger partial charge >= 0.3 is 0 Å². The van der Waals surface area contributed by atoms with Gasteiger partial charge in [-0.2, -0.15) is 0 Å². The standard InChI is InChI=1S/C11H19BrO/c1-2-3-10(12)9-6-4-8-5-7-11(9)13-8/h8-11H,2-7H2,1H3. The summed E-state index contributed by atoms with van der Waals surface area (Å²) >= 11 is 3.82. The molecule has 2 fully saturated rings. The fourth-order valence-electron chi connectivity index (χ4n) is 2.73. The lowest BCUT2D eigenvalue weighted by Crippen LogP contribution is -2.33. The maximum Gasteiger partial charge on any atom is 0.0618 e. The number of hydrogen-bond donors (Lipinski definition) is 0. The van der Waals surface area contributed by atoms with Crippen molar-refractivity contribution in [2.45, 2.75) is 62.5 Å². The average molecular weight is 247 g/mol. The third-order valence-corrected chi connectivity index (χ3v) is 4.61. The second-order valence-electron chi connectivity index (χ2n) is 4.42. The molecule has 13 heavy (non-hydrogen) atoms. The predicted molar refractivity (Wildman–Crippen MR) is 58.2 cm³/mol. The third-order valence-electron chi connectivity index (χ3n) is 3.47. The van der Waals surface area contributed by atoms with Gasteiger partial charge < -0.3 is 4.74 Å². The van der Waals surface area contributed by atoms with Crippen LogP contribution in [-0.4, -0.2) is 17.0 Å². The van der Waals surface area contributed by atoms with Crippen LogP contribution >= 0.6 is 15.9 Å². The van der Waals surface area contributed by atoms with Gasteiger partial charge in [0.1, 0.15) is 0 Å². The summed E-state index contributed by atoms with van der Waals surface area (Å²) in [6.07, 6.45) is 9.07. The van der Waals surface area contributed by atoms with E-state index in [2.05, 4.69) is 22.9 Å². The normalized spacial score (nSPS) is 40.6. The van der Waals surface area contributed by atoms with Gasteiger partial charge in [-0.3, -0.25) is 0 Å². The zero-order valence-corrected chi connectivity index (χ0v) is 9.92. The zero-order chi connectivity index (χ0) is 9.26. The van der Waals surface area contributed by atoms with Gasteiger partial charge in [0.2, 0.25) is 0 Å². The number of rotatable bonds is 3. The van der Waals surface area contributed by atoms with Gasteiger partial charge in [0.15, 0.2) is 0 Å². The monoisotopic (exact) mass is 246 g/mol. The smallest absolute Gasteiger partial charge is 0.0618 e. The zero-order valence-electron chi connectivity index (χ0n) is 8.34. The van der Waals surface area contributed by atoms with Gasteiger partial charge in [0, 0.05) is 4.83 Å². The molecule has 4 atom stereocenters. The van der Waals surface area contributed by atoms with Crippen molar-refractivity contribution >= 4 is 15.9 Å². The molecule has 0 aromatic rings. The molecule has 2 aliphatic heterocycles. The Balaban J connectivity index is 1.91. The lowest BCUT2D eigenvalue weighted by atomic mass is 9.90. The summed E-state index contributed by atoms with van der Waals surface area (Å²) in [7, 11) is 0. The van der Waals surface area contributed by atoms with Crippen LogP contribution in [-0.2, 0) is 4.74 Å². The van der Waals surface area contributed by atoms with Crippen molar-refractivity contribution in [3.8, 4) is 0 Å². The first-order valence-corrected chi connectivity index (χ1v) is 6.52. The molecule has 0 amide bonds. The first kappa shape index (κ1) is 9.97. The third kappa shape index (κ3) is 2.10. The average Bonchev–Trinajstić information content (AvgIpc) is 2.48. The molecule has 0 spiro atoms. The number of ether oxygens (including phenoxy) is 1. The lowest BCUT2D eigenvalue weighted by Gasteiger charge is -2.32. The topological polar surface area (TPSA) is 9.23 Å². The van der Waals surface area contributed by atoms with Gasteiger partial charge in [0.05, 0.1) is 12.2 Å². The second-order valence-corrected chi connectivity index (χ2v) is 5.60. The molecule has 2 aliphatic rings. The van der Waals surface area contributed by atoms with Crippen molar-refractivity contribution in [2.75, 3.05) is 0 Å². The molecule has 0 radical (unpaired) electrons. The summed E-state index contributed by atoms with van der Waals surface area (Å²) < 4.78 is 5.95. The van der Waals surface area contributed by atoms with Crippen LogP contribution in [0.2, 0.25) is 0 Å². The van der Waals surface area contributed by atoms with Crippen LogP contribution < -0.4 is 0 Å². The second kappa shape index (κ2) is 4.31. The molecule has 0 aliphatic carbocycles. The Bertz CT molecular complexity index is 171. The molecular formula is C11H19BrO. The maximum atomic E-state index is 5.95. The summed E-state index contributed by atoms with van der Waals surface area (Å²) in [6.45, 7) is 2.26. The highest BCUT2D eigenvalue weighted by atomic mass is 79.9. The molecule has 0 aromatic heterocycles. The van der Waals surface area contributed by atoms with Crippen LogP contribution in [0, 0.1) is 5.92 Å². The molecule has 4 unspecified atom stereocenters. The molecule has 0 N–H and O–H groups in total.